The Kier molecular flexibility index (Phi) is 10.5. The molecule has 50 heavy (non-hydrogen) atoms. The minimum atomic E-state index is -0.0283. The van der Waals surface area contributed by atoms with E-state index >= 15 is 0 Å². The van der Waals surface area contributed by atoms with Gasteiger partial charge in [0.15, 0.2) is 0 Å². The van der Waals surface area contributed by atoms with Crippen molar-refractivity contribution < 1.29 is 9.59 Å². The standard InChI is InChI=1S/2C21H21N3O/c2*25-21(17-6-7-18-13-22-10-8-16(18)12-17)24-20(19-9-11-23-14-19)15-4-2-1-3-5-15/h2*1-8,10,12-13,19-20,23H,9,11,14H2,(H,24,25)/t19-,20+;19-,20-/m00/s1. The van der Waals surface area contributed by atoms with Crippen LogP contribution in [0.1, 0.15) is 56.8 Å². The fourth-order valence-corrected chi connectivity index (χ4v) is 7.09. The Morgan fingerprint density at radius 1 is 0.560 bits per heavy atom. The molecule has 2 amide bonds. The van der Waals surface area contributed by atoms with Crippen LogP contribution in [0.4, 0.5) is 0 Å². The van der Waals surface area contributed by atoms with E-state index in [0.29, 0.717) is 23.0 Å². The van der Waals surface area contributed by atoms with Gasteiger partial charge in [-0.15, -0.1) is 0 Å². The smallest absolute Gasteiger partial charge is 0.251 e. The van der Waals surface area contributed by atoms with Crippen molar-refractivity contribution in [2.45, 2.75) is 24.9 Å². The van der Waals surface area contributed by atoms with Gasteiger partial charge in [-0.3, -0.25) is 19.6 Å². The molecule has 0 unspecified atom stereocenters. The minimum Gasteiger partial charge on any atom is -0.345 e. The SMILES string of the molecule is O=C(N[C@@H](c1ccccc1)[C@H]1CCNC1)c1ccc2cnccc2c1.O=C(N[C@H](c1ccccc1)[C@H]1CCNC1)c1ccc2cnccc2c1. The summed E-state index contributed by atoms with van der Waals surface area (Å²) >= 11 is 0. The van der Waals surface area contributed by atoms with Crippen molar-refractivity contribution in [2.24, 2.45) is 11.8 Å². The van der Waals surface area contributed by atoms with E-state index in [1.165, 1.54) is 0 Å². The molecule has 0 spiro atoms. The number of aromatic nitrogens is 2. The summed E-state index contributed by atoms with van der Waals surface area (Å²) in [5, 5.41) is 17.5. The number of fused-ring (bicyclic) bond motifs is 2. The average molecular weight is 663 g/mol. The first-order valence-corrected chi connectivity index (χ1v) is 17.4. The molecule has 6 aromatic rings. The van der Waals surface area contributed by atoms with Gasteiger partial charge in [0.05, 0.1) is 12.1 Å². The summed E-state index contributed by atoms with van der Waals surface area (Å²) in [6, 6.07) is 35.9. The zero-order valence-electron chi connectivity index (χ0n) is 28.0. The number of carbonyl (C=O) groups is 2. The molecule has 8 heteroatoms. The summed E-state index contributed by atoms with van der Waals surface area (Å²) in [5.41, 5.74) is 3.69. The molecule has 0 radical (unpaired) electrons. The van der Waals surface area contributed by atoms with Crippen LogP contribution >= 0.6 is 0 Å². The third kappa shape index (κ3) is 7.88. The lowest BCUT2D eigenvalue weighted by atomic mass is 9.92. The van der Waals surface area contributed by atoms with Crippen LogP contribution in [0.15, 0.2) is 134 Å². The first kappa shape index (κ1) is 33.1. The maximum absolute atomic E-state index is 12.9. The Hall–Kier alpha value is -5.44. The van der Waals surface area contributed by atoms with E-state index in [-0.39, 0.29) is 23.9 Å². The summed E-state index contributed by atoms with van der Waals surface area (Å²) in [7, 11) is 0. The Morgan fingerprint density at radius 2 is 1.00 bits per heavy atom. The van der Waals surface area contributed by atoms with Crippen LogP contribution in [0, 0.1) is 11.8 Å². The Balaban J connectivity index is 0.000000157. The van der Waals surface area contributed by atoms with Crippen LogP contribution in [0.2, 0.25) is 0 Å². The molecule has 8 nitrogen and oxygen atoms in total. The Bertz CT molecular complexity index is 1890. The summed E-state index contributed by atoms with van der Waals surface area (Å²) < 4.78 is 0. The summed E-state index contributed by atoms with van der Waals surface area (Å²) in [4.78, 5) is 34.0. The van der Waals surface area contributed by atoms with Crippen LogP contribution in [0.5, 0.6) is 0 Å². The second kappa shape index (κ2) is 15.8. The van der Waals surface area contributed by atoms with Crippen LogP contribution < -0.4 is 21.3 Å². The summed E-state index contributed by atoms with van der Waals surface area (Å²) in [6.45, 7) is 3.88. The lowest BCUT2D eigenvalue weighted by Gasteiger charge is -2.25. The van der Waals surface area contributed by atoms with Gasteiger partial charge in [-0.05, 0) is 96.1 Å². The molecule has 0 bridgehead atoms. The first-order valence-electron chi connectivity index (χ1n) is 17.4. The van der Waals surface area contributed by atoms with Gasteiger partial charge in [0.2, 0.25) is 0 Å². The maximum atomic E-state index is 12.9. The predicted octanol–water partition coefficient (Wildman–Crippen LogP) is 6.63. The lowest BCUT2D eigenvalue weighted by molar-refractivity contribution is 0.0915. The molecule has 252 valence electrons. The molecule has 2 aliphatic rings. The fraction of sp³-hybridized carbons (Fsp3) is 0.238. The zero-order chi connectivity index (χ0) is 34.1. The van der Waals surface area contributed by atoms with Gasteiger partial charge in [0.1, 0.15) is 0 Å². The van der Waals surface area contributed by atoms with Crippen molar-refractivity contribution in [3.63, 3.8) is 0 Å². The van der Waals surface area contributed by atoms with Crippen molar-refractivity contribution in [1.82, 2.24) is 31.2 Å². The van der Waals surface area contributed by atoms with E-state index < -0.39 is 0 Å². The van der Waals surface area contributed by atoms with E-state index in [9.17, 15) is 9.59 Å². The molecule has 4 atom stereocenters. The van der Waals surface area contributed by atoms with E-state index in [1.807, 2.05) is 97.3 Å². The number of carbonyl (C=O) groups excluding carboxylic acids is 2. The molecule has 4 N–H and O–H groups in total. The van der Waals surface area contributed by atoms with Gasteiger partial charge < -0.3 is 21.3 Å². The second-order valence-electron chi connectivity index (χ2n) is 13.1. The van der Waals surface area contributed by atoms with Crippen molar-refractivity contribution in [3.05, 3.63) is 156 Å². The highest BCUT2D eigenvalue weighted by molar-refractivity contribution is 5.99. The number of nitrogens with one attached hydrogen (secondary N) is 4. The highest BCUT2D eigenvalue weighted by Gasteiger charge is 2.29. The molecular weight excluding hydrogens is 621 g/mol. The van der Waals surface area contributed by atoms with Crippen LogP contribution in [0.3, 0.4) is 0 Å². The highest BCUT2D eigenvalue weighted by atomic mass is 16.2. The number of rotatable bonds is 8. The average Bonchev–Trinajstić information content (AvgIpc) is 3.92. The Labute approximate surface area is 292 Å². The molecular formula is C42H42N6O2. The molecule has 2 aromatic heterocycles. The highest BCUT2D eigenvalue weighted by Crippen LogP contribution is 2.29. The maximum Gasteiger partial charge on any atom is 0.251 e. The summed E-state index contributed by atoms with van der Waals surface area (Å²) in [6.07, 6.45) is 9.27. The van der Waals surface area contributed by atoms with Gasteiger partial charge in [-0.2, -0.15) is 0 Å². The molecule has 2 fully saturated rings. The predicted molar refractivity (Wildman–Crippen MR) is 199 cm³/mol. The number of benzene rings is 4. The minimum absolute atomic E-state index is 0.0248. The van der Waals surface area contributed by atoms with Crippen molar-refractivity contribution in [2.75, 3.05) is 26.2 Å². The monoisotopic (exact) mass is 662 g/mol. The quantitative estimate of drug-likeness (QED) is 0.146. The second-order valence-corrected chi connectivity index (χ2v) is 13.1. The topological polar surface area (TPSA) is 108 Å². The molecule has 0 aliphatic carbocycles. The summed E-state index contributed by atoms with van der Waals surface area (Å²) in [5.74, 6) is 0.769. The van der Waals surface area contributed by atoms with Crippen LogP contribution in [-0.4, -0.2) is 48.0 Å². The number of amides is 2. The molecule has 4 heterocycles. The first-order chi connectivity index (χ1) is 24.6. The molecule has 0 saturated carbocycles. The van der Waals surface area contributed by atoms with Crippen LogP contribution in [0.25, 0.3) is 21.5 Å². The van der Waals surface area contributed by atoms with Gasteiger partial charge >= 0.3 is 0 Å². The molecule has 2 aliphatic heterocycles. The number of pyridine rings is 2. The number of hydrogen-bond acceptors (Lipinski definition) is 6. The van der Waals surface area contributed by atoms with Crippen molar-refractivity contribution in [1.29, 1.82) is 0 Å². The third-order valence-corrected chi connectivity index (χ3v) is 9.84. The normalized spacial score (nSPS) is 18.2. The van der Waals surface area contributed by atoms with E-state index in [0.717, 1.165) is 71.7 Å². The van der Waals surface area contributed by atoms with Gasteiger partial charge in [-0.25, -0.2) is 0 Å². The van der Waals surface area contributed by atoms with Crippen LogP contribution in [-0.2, 0) is 0 Å². The number of nitrogens with zero attached hydrogens (tertiary/aromatic N) is 2. The third-order valence-electron chi connectivity index (χ3n) is 9.84. The largest absolute Gasteiger partial charge is 0.345 e. The van der Waals surface area contributed by atoms with E-state index in [1.54, 1.807) is 12.4 Å². The molecule has 8 rings (SSSR count). The Morgan fingerprint density at radius 3 is 1.40 bits per heavy atom. The van der Waals surface area contributed by atoms with Crippen molar-refractivity contribution >= 4 is 33.4 Å². The van der Waals surface area contributed by atoms with Gasteiger partial charge in [0.25, 0.3) is 11.8 Å². The van der Waals surface area contributed by atoms with Gasteiger partial charge in [0, 0.05) is 59.8 Å². The number of hydrogen-bond donors (Lipinski definition) is 4. The van der Waals surface area contributed by atoms with Gasteiger partial charge in [-0.1, -0.05) is 72.8 Å². The fourth-order valence-electron chi connectivity index (χ4n) is 7.09. The zero-order valence-corrected chi connectivity index (χ0v) is 28.0. The molecule has 2 saturated heterocycles. The van der Waals surface area contributed by atoms with E-state index in [2.05, 4.69) is 55.5 Å². The lowest BCUT2D eigenvalue weighted by Crippen LogP contribution is -2.34. The van der Waals surface area contributed by atoms with Crippen molar-refractivity contribution in [3.8, 4) is 0 Å². The van der Waals surface area contributed by atoms with E-state index in [4.69, 9.17) is 0 Å². The molecule has 4 aromatic carbocycles.